The van der Waals surface area contributed by atoms with Gasteiger partial charge in [0.2, 0.25) is 5.91 Å². The molecule has 3 aromatic rings. The van der Waals surface area contributed by atoms with Crippen LogP contribution in [0.3, 0.4) is 0 Å². The molecule has 5 nitrogen and oxygen atoms in total. The zero-order chi connectivity index (χ0) is 23.5. The van der Waals surface area contributed by atoms with Crippen LogP contribution < -0.4 is 14.9 Å². The lowest BCUT2D eigenvalue weighted by molar-refractivity contribution is -0.123. The van der Waals surface area contributed by atoms with E-state index in [1.807, 2.05) is 37.3 Å². The SMILES string of the molecule is CCOc1cc(/C=N\NC(=O)[C@@H]2[C@H]3CCCC[C@]32C)ccc1OCc1cccc2ccccc12. The molecular weight excluding hydrogens is 424 g/mol. The van der Waals surface area contributed by atoms with Gasteiger partial charge in [-0.3, -0.25) is 4.79 Å². The van der Waals surface area contributed by atoms with E-state index in [0.29, 0.717) is 30.6 Å². The second-order valence-corrected chi connectivity index (χ2v) is 9.64. The number of nitrogens with one attached hydrogen (secondary N) is 1. The van der Waals surface area contributed by atoms with E-state index in [9.17, 15) is 4.79 Å². The molecule has 0 heterocycles. The van der Waals surface area contributed by atoms with E-state index >= 15 is 0 Å². The average molecular weight is 457 g/mol. The van der Waals surface area contributed by atoms with Crippen LogP contribution in [0.2, 0.25) is 0 Å². The van der Waals surface area contributed by atoms with Crippen molar-refractivity contribution < 1.29 is 14.3 Å². The maximum Gasteiger partial charge on any atom is 0.244 e. The first kappa shape index (κ1) is 22.5. The number of hydrazone groups is 1. The van der Waals surface area contributed by atoms with Crippen molar-refractivity contribution in [3.8, 4) is 11.5 Å². The average Bonchev–Trinajstić information content (AvgIpc) is 3.49. The molecule has 1 N–H and O–H groups in total. The molecule has 0 aromatic heterocycles. The van der Waals surface area contributed by atoms with Crippen molar-refractivity contribution >= 4 is 22.9 Å². The monoisotopic (exact) mass is 456 g/mol. The van der Waals surface area contributed by atoms with Crippen LogP contribution in [0.4, 0.5) is 0 Å². The topological polar surface area (TPSA) is 59.9 Å². The fourth-order valence-corrected chi connectivity index (χ4v) is 5.66. The van der Waals surface area contributed by atoms with Crippen molar-refractivity contribution in [2.24, 2.45) is 22.4 Å². The number of hydrogen-bond acceptors (Lipinski definition) is 4. The van der Waals surface area contributed by atoms with E-state index in [2.05, 4.69) is 47.8 Å². The third-order valence-corrected chi connectivity index (χ3v) is 7.53. The fourth-order valence-electron chi connectivity index (χ4n) is 5.66. The third kappa shape index (κ3) is 4.39. The van der Waals surface area contributed by atoms with Gasteiger partial charge in [0.15, 0.2) is 11.5 Å². The van der Waals surface area contributed by atoms with E-state index in [4.69, 9.17) is 9.47 Å². The van der Waals surface area contributed by atoms with E-state index < -0.39 is 0 Å². The van der Waals surface area contributed by atoms with Gasteiger partial charge in [0.05, 0.1) is 12.8 Å². The third-order valence-electron chi connectivity index (χ3n) is 7.53. The Morgan fingerprint density at radius 3 is 2.76 bits per heavy atom. The van der Waals surface area contributed by atoms with Gasteiger partial charge < -0.3 is 9.47 Å². The normalized spacial score (nSPS) is 23.5. The van der Waals surface area contributed by atoms with Gasteiger partial charge in [0, 0.05) is 5.92 Å². The van der Waals surface area contributed by atoms with Crippen LogP contribution in [0.25, 0.3) is 10.8 Å². The van der Waals surface area contributed by atoms with Gasteiger partial charge in [-0.15, -0.1) is 0 Å². The quantitative estimate of drug-likeness (QED) is 0.329. The minimum absolute atomic E-state index is 0.0470. The van der Waals surface area contributed by atoms with E-state index in [1.54, 1.807) is 6.21 Å². The van der Waals surface area contributed by atoms with Crippen molar-refractivity contribution in [1.82, 2.24) is 5.43 Å². The predicted molar refractivity (Wildman–Crippen MR) is 135 cm³/mol. The first-order valence-electron chi connectivity index (χ1n) is 12.3. The maximum atomic E-state index is 12.6. The molecule has 0 radical (unpaired) electrons. The van der Waals surface area contributed by atoms with E-state index in [1.165, 1.54) is 23.6 Å². The standard InChI is InChI=1S/C29H32N2O3/c1-3-33-26-17-20(18-30-31-28(32)27-24-13-6-7-16-29(24,27)2)14-15-25(26)34-19-22-11-8-10-21-9-4-5-12-23(21)22/h4-5,8-12,14-15,17-18,24,27H,3,6-7,13,16,19H2,1-2H3,(H,31,32)/b30-18-/t24-,27+,29-/m1/s1. The number of ether oxygens (including phenoxy) is 2. The van der Waals surface area contributed by atoms with Crippen molar-refractivity contribution in [3.05, 3.63) is 71.8 Å². The van der Waals surface area contributed by atoms with Gasteiger partial charge in [0.25, 0.3) is 0 Å². The molecule has 0 bridgehead atoms. The van der Waals surface area contributed by atoms with Crippen LogP contribution >= 0.6 is 0 Å². The van der Waals surface area contributed by atoms with Crippen molar-refractivity contribution in [2.75, 3.05) is 6.61 Å². The molecule has 0 saturated heterocycles. The Morgan fingerprint density at radius 1 is 1.09 bits per heavy atom. The summed E-state index contributed by atoms with van der Waals surface area (Å²) in [5.41, 5.74) is 4.92. The molecule has 5 rings (SSSR count). The highest BCUT2D eigenvalue weighted by molar-refractivity contribution is 5.87. The molecule has 3 aromatic carbocycles. The number of rotatable bonds is 8. The predicted octanol–water partition coefficient (Wildman–Crippen LogP) is 6.09. The van der Waals surface area contributed by atoms with Crippen molar-refractivity contribution in [2.45, 2.75) is 46.1 Å². The summed E-state index contributed by atoms with van der Waals surface area (Å²) in [6.07, 6.45) is 6.45. The van der Waals surface area contributed by atoms with Crippen molar-refractivity contribution in [3.63, 3.8) is 0 Å². The van der Waals surface area contributed by atoms with Crippen LogP contribution in [0.15, 0.2) is 65.8 Å². The van der Waals surface area contributed by atoms with E-state index in [0.717, 1.165) is 24.0 Å². The van der Waals surface area contributed by atoms with Crippen LogP contribution in [-0.2, 0) is 11.4 Å². The fraction of sp³-hybridized carbons (Fsp3) is 0.379. The molecule has 0 spiro atoms. The van der Waals surface area contributed by atoms with Crippen LogP contribution in [-0.4, -0.2) is 18.7 Å². The number of fused-ring (bicyclic) bond motifs is 2. The lowest BCUT2D eigenvalue weighted by atomic mass is 9.90. The summed E-state index contributed by atoms with van der Waals surface area (Å²) in [7, 11) is 0. The lowest BCUT2D eigenvalue weighted by Crippen LogP contribution is -2.22. The number of nitrogens with zero attached hydrogens (tertiary/aromatic N) is 1. The summed E-state index contributed by atoms with van der Waals surface area (Å²) >= 11 is 0. The second-order valence-electron chi connectivity index (χ2n) is 9.64. The number of benzene rings is 3. The zero-order valence-electron chi connectivity index (χ0n) is 19.9. The summed E-state index contributed by atoms with van der Waals surface area (Å²) in [4.78, 5) is 12.6. The van der Waals surface area contributed by atoms with Gasteiger partial charge in [-0.1, -0.05) is 62.2 Å². The Bertz CT molecular complexity index is 1220. The van der Waals surface area contributed by atoms with Gasteiger partial charge in [-0.25, -0.2) is 5.43 Å². The summed E-state index contributed by atoms with van der Waals surface area (Å²) < 4.78 is 12.0. The zero-order valence-corrected chi connectivity index (χ0v) is 19.9. The molecule has 5 heteroatoms. The number of hydrogen-bond donors (Lipinski definition) is 1. The largest absolute Gasteiger partial charge is 0.490 e. The molecule has 2 aliphatic carbocycles. The van der Waals surface area contributed by atoms with Gasteiger partial charge in [0.1, 0.15) is 6.61 Å². The number of carbonyl (C=O) groups excluding carboxylic acids is 1. The minimum atomic E-state index is 0.0470. The lowest BCUT2D eigenvalue weighted by Gasteiger charge is -2.15. The molecule has 0 unspecified atom stereocenters. The number of amides is 1. The molecule has 2 fully saturated rings. The molecule has 3 atom stereocenters. The molecule has 176 valence electrons. The molecule has 2 saturated carbocycles. The Labute approximate surface area is 201 Å². The first-order chi connectivity index (χ1) is 16.6. The summed E-state index contributed by atoms with van der Waals surface area (Å²) in [6.45, 7) is 5.18. The Morgan fingerprint density at radius 2 is 1.94 bits per heavy atom. The summed E-state index contributed by atoms with van der Waals surface area (Å²) in [6, 6.07) is 20.3. The molecule has 2 aliphatic rings. The molecular formula is C29H32N2O3. The number of carbonyl (C=O) groups is 1. The highest BCUT2D eigenvalue weighted by Crippen LogP contribution is 2.66. The van der Waals surface area contributed by atoms with Crippen molar-refractivity contribution in [1.29, 1.82) is 0 Å². The highest BCUT2D eigenvalue weighted by atomic mass is 16.5. The summed E-state index contributed by atoms with van der Waals surface area (Å²) in [5, 5.41) is 6.61. The second kappa shape index (κ2) is 9.49. The Balaban J connectivity index is 1.24. The minimum Gasteiger partial charge on any atom is -0.490 e. The van der Waals surface area contributed by atoms with Crippen LogP contribution in [0, 0.1) is 17.3 Å². The van der Waals surface area contributed by atoms with E-state index in [-0.39, 0.29) is 17.2 Å². The van der Waals surface area contributed by atoms with Crippen LogP contribution in [0.5, 0.6) is 11.5 Å². The van der Waals surface area contributed by atoms with Gasteiger partial charge >= 0.3 is 0 Å². The Kier molecular flexibility index (Phi) is 6.27. The van der Waals surface area contributed by atoms with Gasteiger partial charge in [-0.05, 0) is 71.2 Å². The van der Waals surface area contributed by atoms with Crippen LogP contribution in [0.1, 0.15) is 50.7 Å². The maximum absolute atomic E-state index is 12.6. The highest BCUT2D eigenvalue weighted by Gasteiger charge is 2.64. The van der Waals surface area contributed by atoms with Gasteiger partial charge in [-0.2, -0.15) is 5.10 Å². The smallest absolute Gasteiger partial charge is 0.244 e. The molecule has 34 heavy (non-hydrogen) atoms. The summed E-state index contributed by atoms with van der Waals surface area (Å²) in [5.74, 6) is 2.03. The first-order valence-corrected chi connectivity index (χ1v) is 12.3. The Hall–Kier alpha value is -3.34. The molecule has 1 amide bonds. The molecule has 0 aliphatic heterocycles.